The van der Waals surface area contributed by atoms with Gasteiger partial charge in [-0.25, -0.2) is 0 Å². The topological polar surface area (TPSA) is 37.3 Å². The zero-order valence-electron chi connectivity index (χ0n) is 13.4. The summed E-state index contributed by atoms with van der Waals surface area (Å²) in [7, 11) is 0. The number of carbonyl (C=O) groups excluding carboxylic acids is 1. The molecule has 1 N–H and O–H groups in total. The minimum atomic E-state index is 0.142. The summed E-state index contributed by atoms with van der Waals surface area (Å²) in [5.41, 5.74) is 4.29. The molecule has 1 aromatic carbocycles. The SMILES string of the molecule is C[C@]12CCC3c4ccc(CO)cc4CCC3C1CC[C@@H]2C=O. The van der Waals surface area contributed by atoms with Crippen molar-refractivity contribution in [1.82, 2.24) is 0 Å². The number of carbonyl (C=O) groups is 1. The maximum absolute atomic E-state index is 11.5. The molecular weight excluding hydrogens is 272 g/mol. The van der Waals surface area contributed by atoms with Crippen molar-refractivity contribution in [2.75, 3.05) is 0 Å². The second kappa shape index (κ2) is 5.19. The fourth-order valence-electron chi connectivity index (χ4n) is 6.00. The molecule has 118 valence electrons. The second-order valence-corrected chi connectivity index (χ2v) is 7.97. The lowest BCUT2D eigenvalue weighted by molar-refractivity contribution is -0.115. The fraction of sp³-hybridized carbons (Fsp3) is 0.650. The van der Waals surface area contributed by atoms with Crippen molar-refractivity contribution in [3.8, 4) is 0 Å². The van der Waals surface area contributed by atoms with Crippen molar-refractivity contribution in [1.29, 1.82) is 0 Å². The van der Waals surface area contributed by atoms with Crippen LogP contribution in [0.25, 0.3) is 0 Å². The van der Waals surface area contributed by atoms with Gasteiger partial charge in [-0.1, -0.05) is 25.1 Å². The van der Waals surface area contributed by atoms with E-state index in [1.54, 1.807) is 0 Å². The molecule has 3 aliphatic rings. The molecule has 2 heteroatoms. The average Bonchev–Trinajstić information content (AvgIpc) is 2.90. The lowest BCUT2D eigenvalue weighted by Gasteiger charge is -2.50. The maximum Gasteiger partial charge on any atom is 0.123 e. The first-order valence-electron chi connectivity index (χ1n) is 8.85. The fourth-order valence-corrected chi connectivity index (χ4v) is 6.00. The van der Waals surface area contributed by atoms with Crippen molar-refractivity contribution in [2.24, 2.45) is 23.2 Å². The Morgan fingerprint density at radius 3 is 2.91 bits per heavy atom. The summed E-state index contributed by atoms with van der Waals surface area (Å²) < 4.78 is 0. The highest BCUT2D eigenvalue weighted by atomic mass is 16.3. The molecule has 0 heterocycles. The number of fused-ring (bicyclic) bond motifs is 5. The Balaban J connectivity index is 1.67. The van der Waals surface area contributed by atoms with Crippen LogP contribution in [0, 0.1) is 23.2 Å². The first-order valence-corrected chi connectivity index (χ1v) is 8.85. The van der Waals surface area contributed by atoms with Crippen LogP contribution < -0.4 is 0 Å². The van der Waals surface area contributed by atoms with E-state index in [9.17, 15) is 9.90 Å². The summed E-state index contributed by atoms with van der Waals surface area (Å²) in [6, 6.07) is 6.58. The average molecular weight is 298 g/mol. The van der Waals surface area contributed by atoms with Gasteiger partial charge in [0, 0.05) is 5.92 Å². The van der Waals surface area contributed by atoms with Crippen molar-refractivity contribution in [2.45, 2.75) is 58.0 Å². The van der Waals surface area contributed by atoms with Gasteiger partial charge in [0.15, 0.2) is 0 Å². The Morgan fingerprint density at radius 2 is 2.14 bits per heavy atom. The molecule has 0 aliphatic heterocycles. The molecule has 0 aromatic heterocycles. The van der Waals surface area contributed by atoms with E-state index < -0.39 is 0 Å². The monoisotopic (exact) mass is 298 g/mol. The molecule has 4 rings (SSSR count). The van der Waals surface area contributed by atoms with Gasteiger partial charge in [-0.3, -0.25) is 0 Å². The molecule has 0 saturated heterocycles. The Bertz CT molecular complexity index is 593. The Hall–Kier alpha value is -1.15. The quantitative estimate of drug-likeness (QED) is 0.842. The van der Waals surface area contributed by atoms with E-state index in [0.29, 0.717) is 5.92 Å². The van der Waals surface area contributed by atoms with Crippen molar-refractivity contribution in [3.05, 3.63) is 34.9 Å². The van der Waals surface area contributed by atoms with E-state index in [4.69, 9.17) is 0 Å². The van der Waals surface area contributed by atoms with E-state index in [0.717, 1.165) is 30.2 Å². The van der Waals surface area contributed by atoms with Gasteiger partial charge in [0.25, 0.3) is 0 Å². The van der Waals surface area contributed by atoms with Gasteiger partial charge in [-0.2, -0.15) is 0 Å². The van der Waals surface area contributed by atoms with Crippen LogP contribution in [0.5, 0.6) is 0 Å². The van der Waals surface area contributed by atoms with Crippen molar-refractivity contribution >= 4 is 6.29 Å². The Kier molecular flexibility index (Phi) is 3.41. The number of aliphatic hydroxyl groups excluding tert-OH is 1. The minimum Gasteiger partial charge on any atom is -0.392 e. The van der Waals surface area contributed by atoms with Crippen LogP contribution in [0.15, 0.2) is 18.2 Å². The van der Waals surface area contributed by atoms with E-state index >= 15 is 0 Å². The van der Waals surface area contributed by atoms with Crippen LogP contribution in [-0.4, -0.2) is 11.4 Å². The summed E-state index contributed by atoms with van der Waals surface area (Å²) in [6.45, 7) is 2.52. The van der Waals surface area contributed by atoms with Crippen LogP contribution in [0.4, 0.5) is 0 Å². The molecule has 3 aliphatic carbocycles. The highest BCUT2D eigenvalue weighted by Crippen LogP contribution is 2.62. The molecule has 0 bridgehead atoms. The zero-order chi connectivity index (χ0) is 15.3. The highest BCUT2D eigenvalue weighted by molar-refractivity contribution is 5.56. The van der Waals surface area contributed by atoms with E-state index in [2.05, 4.69) is 25.1 Å². The first kappa shape index (κ1) is 14.4. The third-order valence-electron chi connectivity index (χ3n) is 7.21. The number of rotatable bonds is 2. The first-order chi connectivity index (χ1) is 10.7. The molecule has 0 amide bonds. The van der Waals surface area contributed by atoms with Gasteiger partial charge in [0.05, 0.1) is 6.61 Å². The molecular formula is C20H26O2. The Morgan fingerprint density at radius 1 is 1.27 bits per heavy atom. The summed E-state index contributed by atoms with van der Waals surface area (Å²) in [6.07, 6.45) is 8.41. The normalized spacial score (nSPS) is 39.7. The molecule has 2 nitrogen and oxygen atoms in total. The molecule has 0 radical (unpaired) electrons. The highest BCUT2D eigenvalue weighted by Gasteiger charge is 2.54. The standard InChI is InChI=1S/C20H26O2/c1-20-9-8-17-16-5-2-13(11-21)10-14(16)3-6-18(17)19(20)7-4-15(20)12-22/h2,5,10,12,15,17-19,21H,3-4,6-9,11H2,1H3/t15-,17?,18?,19?,20-/m1/s1. The Labute approximate surface area is 132 Å². The summed E-state index contributed by atoms with van der Waals surface area (Å²) in [5, 5.41) is 9.35. The second-order valence-electron chi connectivity index (χ2n) is 7.97. The van der Waals surface area contributed by atoms with Gasteiger partial charge in [-0.05, 0) is 78.4 Å². The predicted molar refractivity (Wildman–Crippen MR) is 86.5 cm³/mol. The van der Waals surface area contributed by atoms with Gasteiger partial charge in [-0.15, -0.1) is 0 Å². The smallest absolute Gasteiger partial charge is 0.123 e. The number of aldehydes is 1. The third-order valence-corrected chi connectivity index (χ3v) is 7.21. The van der Waals surface area contributed by atoms with Crippen LogP contribution in [0.3, 0.4) is 0 Å². The third kappa shape index (κ3) is 1.93. The van der Waals surface area contributed by atoms with Crippen LogP contribution in [0.2, 0.25) is 0 Å². The zero-order valence-corrected chi connectivity index (χ0v) is 13.4. The maximum atomic E-state index is 11.5. The summed E-state index contributed by atoms with van der Waals surface area (Å²) in [5.74, 6) is 2.46. The summed E-state index contributed by atoms with van der Waals surface area (Å²) >= 11 is 0. The molecule has 3 unspecified atom stereocenters. The van der Waals surface area contributed by atoms with Crippen LogP contribution in [0.1, 0.15) is 61.6 Å². The lowest BCUT2D eigenvalue weighted by atomic mass is 9.54. The number of hydrogen-bond donors (Lipinski definition) is 1. The molecule has 22 heavy (non-hydrogen) atoms. The number of hydrogen-bond acceptors (Lipinski definition) is 2. The van der Waals surface area contributed by atoms with Gasteiger partial charge in [0.2, 0.25) is 0 Å². The van der Waals surface area contributed by atoms with E-state index in [1.807, 2.05) is 0 Å². The number of aliphatic hydroxyl groups is 1. The van der Waals surface area contributed by atoms with Gasteiger partial charge in [0.1, 0.15) is 6.29 Å². The number of aryl methyl sites for hydroxylation is 1. The molecule has 2 saturated carbocycles. The minimum absolute atomic E-state index is 0.142. The predicted octanol–water partition coefficient (Wildman–Crippen LogP) is 3.85. The van der Waals surface area contributed by atoms with Crippen LogP contribution >= 0.6 is 0 Å². The van der Waals surface area contributed by atoms with E-state index in [1.165, 1.54) is 43.1 Å². The van der Waals surface area contributed by atoms with Gasteiger partial charge < -0.3 is 9.90 Å². The lowest BCUT2D eigenvalue weighted by Crippen LogP contribution is -2.42. The van der Waals surface area contributed by atoms with Crippen molar-refractivity contribution in [3.63, 3.8) is 0 Å². The number of benzene rings is 1. The van der Waals surface area contributed by atoms with Gasteiger partial charge >= 0.3 is 0 Å². The largest absolute Gasteiger partial charge is 0.392 e. The van der Waals surface area contributed by atoms with E-state index in [-0.39, 0.29) is 17.9 Å². The molecule has 1 aromatic rings. The van der Waals surface area contributed by atoms with Crippen LogP contribution in [-0.2, 0) is 17.8 Å². The summed E-state index contributed by atoms with van der Waals surface area (Å²) in [4.78, 5) is 11.5. The van der Waals surface area contributed by atoms with Crippen molar-refractivity contribution < 1.29 is 9.90 Å². The molecule has 2 fully saturated rings. The molecule has 0 spiro atoms. The molecule has 5 atom stereocenters.